The van der Waals surface area contributed by atoms with Gasteiger partial charge in [0.15, 0.2) is 0 Å². The molecule has 0 atom stereocenters. The van der Waals surface area contributed by atoms with Gasteiger partial charge in [0.1, 0.15) is 18.1 Å². The van der Waals surface area contributed by atoms with Crippen LogP contribution in [0.3, 0.4) is 0 Å². The number of halogens is 4. The van der Waals surface area contributed by atoms with Crippen molar-refractivity contribution < 1.29 is 9.47 Å². The van der Waals surface area contributed by atoms with Crippen molar-refractivity contribution in [2.45, 2.75) is 6.61 Å². The van der Waals surface area contributed by atoms with Crippen molar-refractivity contribution >= 4 is 67.0 Å². The average molecular weight is 544 g/mol. The van der Waals surface area contributed by atoms with E-state index in [1.807, 2.05) is 42.5 Å². The van der Waals surface area contributed by atoms with Gasteiger partial charge in [-0.25, -0.2) is 0 Å². The minimum Gasteiger partial charge on any atom is -0.497 e. The van der Waals surface area contributed by atoms with Crippen molar-refractivity contribution in [3.8, 4) is 11.5 Å². The van der Waals surface area contributed by atoms with E-state index in [2.05, 4.69) is 36.9 Å². The molecule has 3 nitrogen and oxygen atoms in total. The molecule has 0 fully saturated rings. The highest BCUT2D eigenvalue weighted by atomic mass is 79.9. The third kappa shape index (κ3) is 5.51. The fourth-order valence-electron chi connectivity index (χ4n) is 2.43. The molecule has 0 radical (unpaired) electrons. The Morgan fingerprint density at radius 1 is 1.00 bits per heavy atom. The number of aliphatic imine (C=N–C) groups is 1. The summed E-state index contributed by atoms with van der Waals surface area (Å²) < 4.78 is 12.9. The van der Waals surface area contributed by atoms with Gasteiger partial charge in [-0.1, -0.05) is 45.2 Å². The molecule has 0 unspecified atom stereocenters. The average Bonchev–Trinajstić information content (AvgIpc) is 2.67. The zero-order valence-corrected chi connectivity index (χ0v) is 19.4. The molecule has 0 heterocycles. The fourth-order valence-corrected chi connectivity index (χ4v) is 4.27. The van der Waals surface area contributed by atoms with Crippen molar-refractivity contribution in [3.05, 3.63) is 84.7 Å². The summed E-state index contributed by atoms with van der Waals surface area (Å²) in [6.45, 7) is 0.305. The molecule has 144 valence electrons. The van der Waals surface area contributed by atoms with E-state index in [-0.39, 0.29) is 0 Å². The number of nitrogens with zero attached hydrogens (tertiary/aromatic N) is 1. The van der Waals surface area contributed by atoms with E-state index < -0.39 is 0 Å². The summed E-state index contributed by atoms with van der Waals surface area (Å²) in [4.78, 5) is 4.53. The maximum atomic E-state index is 6.25. The smallest absolute Gasteiger partial charge is 0.142 e. The largest absolute Gasteiger partial charge is 0.497 e. The second kappa shape index (κ2) is 9.79. The highest BCUT2D eigenvalue weighted by Gasteiger charge is 2.11. The summed E-state index contributed by atoms with van der Waals surface area (Å²) in [6, 6.07) is 16.7. The quantitative estimate of drug-likeness (QED) is 0.296. The minimum absolute atomic E-state index is 0.305. The normalized spacial score (nSPS) is 11.0. The van der Waals surface area contributed by atoms with Gasteiger partial charge < -0.3 is 9.47 Å². The highest BCUT2D eigenvalue weighted by molar-refractivity contribution is 9.11. The van der Waals surface area contributed by atoms with Crippen LogP contribution >= 0.6 is 55.1 Å². The van der Waals surface area contributed by atoms with Crippen LogP contribution < -0.4 is 9.47 Å². The van der Waals surface area contributed by atoms with Gasteiger partial charge in [0.2, 0.25) is 0 Å². The lowest BCUT2D eigenvalue weighted by Gasteiger charge is -2.13. The van der Waals surface area contributed by atoms with Gasteiger partial charge in [0.25, 0.3) is 0 Å². The third-order valence-electron chi connectivity index (χ3n) is 3.85. The van der Waals surface area contributed by atoms with Crippen LogP contribution in [-0.2, 0) is 6.61 Å². The van der Waals surface area contributed by atoms with Crippen molar-refractivity contribution in [1.82, 2.24) is 0 Å². The molecule has 3 aromatic rings. The Balaban J connectivity index is 1.85. The Morgan fingerprint density at radius 3 is 2.43 bits per heavy atom. The molecule has 0 aliphatic heterocycles. The number of hydrogen-bond donors (Lipinski definition) is 0. The van der Waals surface area contributed by atoms with Crippen LogP contribution in [0.2, 0.25) is 10.0 Å². The van der Waals surface area contributed by atoms with Gasteiger partial charge in [-0.3, -0.25) is 4.99 Å². The SMILES string of the molecule is COc1ccc(N=Cc2cc(Br)cc(Br)c2OCc2ccc(Cl)cc2Cl)cc1. The van der Waals surface area contributed by atoms with E-state index in [9.17, 15) is 0 Å². The molecule has 0 amide bonds. The summed E-state index contributed by atoms with van der Waals surface area (Å²) in [5.74, 6) is 1.46. The van der Waals surface area contributed by atoms with E-state index in [1.165, 1.54) is 0 Å². The molecule has 0 saturated carbocycles. The second-order valence-electron chi connectivity index (χ2n) is 5.79. The Bertz CT molecular complexity index is 1010. The molecule has 0 spiro atoms. The number of ether oxygens (including phenoxy) is 2. The van der Waals surface area contributed by atoms with Crippen molar-refractivity contribution in [2.75, 3.05) is 7.11 Å². The van der Waals surface area contributed by atoms with Gasteiger partial charge in [0.05, 0.1) is 17.3 Å². The molecule has 0 aliphatic rings. The van der Waals surface area contributed by atoms with Crippen LogP contribution in [0.15, 0.2) is 68.5 Å². The van der Waals surface area contributed by atoms with Gasteiger partial charge in [-0.2, -0.15) is 0 Å². The molecule has 3 aromatic carbocycles. The lowest BCUT2D eigenvalue weighted by atomic mass is 10.2. The highest BCUT2D eigenvalue weighted by Crippen LogP contribution is 2.34. The van der Waals surface area contributed by atoms with Crippen molar-refractivity contribution in [1.29, 1.82) is 0 Å². The van der Waals surface area contributed by atoms with Crippen LogP contribution in [0, 0.1) is 0 Å². The zero-order chi connectivity index (χ0) is 20.1. The summed E-state index contributed by atoms with van der Waals surface area (Å²) in [5, 5.41) is 1.15. The minimum atomic E-state index is 0.305. The Labute approximate surface area is 190 Å². The first-order chi connectivity index (χ1) is 13.5. The lowest BCUT2D eigenvalue weighted by Crippen LogP contribution is -2.00. The van der Waals surface area contributed by atoms with Crippen LogP contribution in [0.25, 0.3) is 0 Å². The maximum absolute atomic E-state index is 6.25. The summed E-state index contributed by atoms with van der Waals surface area (Å²) >= 11 is 19.3. The van der Waals surface area contributed by atoms with Gasteiger partial charge in [-0.15, -0.1) is 0 Å². The van der Waals surface area contributed by atoms with Crippen molar-refractivity contribution in [3.63, 3.8) is 0 Å². The Morgan fingerprint density at radius 2 is 1.75 bits per heavy atom. The molecule has 0 bridgehead atoms. The van der Waals surface area contributed by atoms with Crippen LogP contribution in [0.1, 0.15) is 11.1 Å². The molecule has 0 N–H and O–H groups in total. The first kappa shape index (κ1) is 21.2. The summed E-state index contributed by atoms with van der Waals surface area (Å²) in [7, 11) is 1.63. The van der Waals surface area contributed by atoms with E-state index in [0.29, 0.717) is 22.4 Å². The Kier molecular flexibility index (Phi) is 7.41. The molecule has 0 aromatic heterocycles. The molecule has 3 rings (SSSR count). The third-order valence-corrected chi connectivity index (χ3v) is 5.48. The van der Waals surface area contributed by atoms with E-state index in [4.69, 9.17) is 32.7 Å². The molecular formula is C21H15Br2Cl2NO2. The van der Waals surface area contributed by atoms with Crippen LogP contribution in [-0.4, -0.2) is 13.3 Å². The number of methoxy groups -OCH3 is 1. The predicted molar refractivity (Wildman–Crippen MR) is 123 cm³/mol. The molecule has 0 saturated heterocycles. The summed E-state index contributed by atoms with van der Waals surface area (Å²) in [5.41, 5.74) is 2.48. The maximum Gasteiger partial charge on any atom is 0.142 e. The molecule has 0 aliphatic carbocycles. The van der Waals surface area contributed by atoms with E-state index in [1.54, 1.807) is 25.5 Å². The lowest BCUT2D eigenvalue weighted by molar-refractivity contribution is 0.304. The topological polar surface area (TPSA) is 30.8 Å². The molecule has 7 heteroatoms. The van der Waals surface area contributed by atoms with Crippen molar-refractivity contribution in [2.24, 2.45) is 4.99 Å². The first-order valence-corrected chi connectivity index (χ1v) is 10.5. The van der Waals surface area contributed by atoms with Gasteiger partial charge in [0, 0.05) is 31.9 Å². The second-order valence-corrected chi connectivity index (χ2v) is 8.40. The van der Waals surface area contributed by atoms with Crippen LogP contribution in [0.4, 0.5) is 5.69 Å². The van der Waals surface area contributed by atoms with Gasteiger partial charge in [-0.05, 0) is 64.5 Å². The number of rotatable bonds is 6. The van der Waals surface area contributed by atoms with Crippen LogP contribution in [0.5, 0.6) is 11.5 Å². The number of benzene rings is 3. The first-order valence-electron chi connectivity index (χ1n) is 8.20. The molecular weight excluding hydrogens is 529 g/mol. The van der Waals surface area contributed by atoms with E-state index >= 15 is 0 Å². The van der Waals surface area contributed by atoms with Gasteiger partial charge >= 0.3 is 0 Å². The Hall–Kier alpha value is -1.53. The monoisotopic (exact) mass is 541 g/mol. The van der Waals surface area contributed by atoms with E-state index in [0.717, 1.165) is 31.5 Å². The number of hydrogen-bond acceptors (Lipinski definition) is 3. The fraction of sp³-hybridized carbons (Fsp3) is 0.0952. The molecule has 28 heavy (non-hydrogen) atoms. The zero-order valence-electron chi connectivity index (χ0n) is 14.8. The summed E-state index contributed by atoms with van der Waals surface area (Å²) in [6.07, 6.45) is 1.76. The standard InChI is InChI=1S/C21H15Br2Cl2NO2/c1-27-18-6-4-17(5-7-18)26-11-14-8-15(22)9-19(23)21(14)28-12-13-2-3-16(24)10-20(13)25/h2-11H,12H2,1H3. The predicted octanol–water partition coefficient (Wildman–Crippen LogP) is 7.86.